The number of rotatable bonds is 7. The normalized spacial score (nSPS) is 16.5. The van der Waals surface area contributed by atoms with Crippen LogP contribution in [-0.4, -0.2) is 66.8 Å². The van der Waals surface area contributed by atoms with E-state index >= 15 is 0 Å². The number of aryl methyl sites for hydroxylation is 1. The molecular formula is C28H30N4O5S. The maximum atomic E-state index is 13.9. The minimum absolute atomic E-state index is 0.00265. The minimum Gasteiger partial charge on any atom is -0.493 e. The molecule has 0 radical (unpaired) electrons. The van der Waals surface area contributed by atoms with Gasteiger partial charge in [-0.3, -0.25) is 4.79 Å². The monoisotopic (exact) mass is 534 g/mol. The number of amides is 1. The molecule has 1 aliphatic rings. The number of ether oxygens (including phenoxy) is 2. The molecule has 1 aliphatic heterocycles. The Hall–Kier alpha value is -3.92. The highest BCUT2D eigenvalue weighted by molar-refractivity contribution is 7.91. The first-order chi connectivity index (χ1) is 18.2. The van der Waals surface area contributed by atoms with Gasteiger partial charge in [-0.05, 0) is 43.2 Å². The lowest BCUT2D eigenvalue weighted by molar-refractivity contribution is 0.0787. The molecule has 0 spiro atoms. The van der Waals surface area contributed by atoms with Crippen molar-refractivity contribution in [3.63, 3.8) is 0 Å². The molecule has 0 N–H and O–H groups in total. The summed E-state index contributed by atoms with van der Waals surface area (Å²) in [6.45, 7) is 2.26. The fraction of sp³-hybridized carbons (Fsp3) is 0.321. The number of sulfone groups is 1. The van der Waals surface area contributed by atoms with Gasteiger partial charge in [0.05, 0.1) is 54.1 Å². The zero-order chi connectivity index (χ0) is 27.0. The van der Waals surface area contributed by atoms with Crippen LogP contribution in [0.15, 0.2) is 54.6 Å². The van der Waals surface area contributed by atoms with Gasteiger partial charge in [0, 0.05) is 19.2 Å². The van der Waals surface area contributed by atoms with Gasteiger partial charge >= 0.3 is 0 Å². The second kappa shape index (κ2) is 10.1. The molecule has 4 aromatic rings. The van der Waals surface area contributed by atoms with E-state index in [2.05, 4.69) is 0 Å². The third kappa shape index (κ3) is 4.83. The average molecular weight is 535 g/mol. The van der Waals surface area contributed by atoms with Crippen molar-refractivity contribution in [2.24, 2.45) is 0 Å². The van der Waals surface area contributed by atoms with Crippen LogP contribution in [0.1, 0.15) is 34.1 Å². The summed E-state index contributed by atoms with van der Waals surface area (Å²) in [4.78, 5) is 20.5. The first-order valence-electron chi connectivity index (χ1n) is 12.3. The van der Waals surface area contributed by atoms with Crippen LogP contribution < -0.4 is 9.47 Å². The van der Waals surface area contributed by atoms with E-state index in [4.69, 9.17) is 19.6 Å². The number of fused-ring (bicyclic) bond motifs is 1. The number of pyridine rings is 1. The fourth-order valence-corrected chi connectivity index (χ4v) is 6.67. The highest BCUT2D eigenvalue weighted by Crippen LogP contribution is 2.35. The lowest BCUT2D eigenvalue weighted by atomic mass is 10.0. The molecule has 10 heteroatoms. The summed E-state index contributed by atoms with van der Waals surface area (Å²) in [5.41, 5.74) is 3.88. The first kappa shape index (κ1) is 25.7. The van der Waals surface area contributed by atoms with Crippen molar-refractivity contribution < 1.29 is 22.7 Å². The predicted octanol–water partition coefficient (Wildman–Crippen LogP) is 4.06. The first-order valence-corrected chi connectivity index (χ1v) is 14.1. The summed E-state index contributed by atoms with van der Waals surface area (Å²) in [6, 6.07) is 16.7. The van der Waals surface area contributed by atoms with Gasteiger partial charge in [0.25, 0.3) is 5.91 Å². The number of carbonyl (C=O) groups is 1. The number of hydrogen-bond donors (Lipinski definition) is 0. The molecule has 1 unspecified atom stereocenters. The van der Waals surface area contributed by atoms with E-state index in [1.807, 2.05) is 49.4 Å². The summed E-state index contributed by atoms with van der Waals surface area (Å²) < 4.78 is 37.1. The molecule has 5 rings (SSSR count). The molecule has 38 heavy (non-hydrogen) atoms. The Kier molecular flexibility index (Phi) is 6.83. The zero-order valence-corrected chi connectivity index (χ0v) is 22.7. The summed E-state index contributed by atoms with van der Waals surface area (Å²) in [5.74, 6) is 1.05. The molecule has 198 valence electrons. The smallest absolute Gasteiger partial charge is 0.254 e. The zero-order valence-electron chi connectivity index (χ0n) is 21.8. The van der Waals surface area contributed by atoms with Crippen LogP contribution in [0, 0.1) is 6.92 Å². The standard InChI is InChI=1S/C28H30N4O5S/c1-18-26-22(28(33)31(2)16-19-8-6-5-7-9-19)15-23(20-10-11-24(36-3)25(14-20)37-4)29-27(26)32(30-18)21-12-13-38(34,35)17-21/h5-11,14-15,21H,12-13,16-17H2,1-4H3. The van der Waals surface area contributed by atoms with Crippen molar-refractivity contribution in [2.75, 3.05) is 32.8 Å². The Morgan fingerprint density at radius 2 is 1.82 bits per heavy atom. The van der Waals surface area contributed by atoms with Crippen molar-refractivity contribution in [3.05, 3.63) is 71.4 Å². The van der Waals surface area contributed by atoms with E-state index in [1.54, 1.807) is 43.0 Å². The van der Waals surface area contributed by atoms with E-state index in [0.717, 1.165) is 11.1 Å². The maximum absolute atomic E-state index is 13.9. The van der Waals surface area contributed by atoms with Gasteiger partial charge in [0.2, 0.25) is 0 Å². The Morgan fingerprint density at radius 1 is 1.08 bits per heavy atom. The van der Waals surface area contributed by atoms with Gasteiger partial charge in [0.15, 0.2) is 27.0 Å². The minimum atomic E-state index is -3.15. The van der Waals surface area contributed by atoms with Gasteiger partial charge in [-0.25, -0.2) is 18.1 Å². The molecular weight excluding hydrogens is 504 g/mol. The van der Waals surface area contributed by atoms with E-state index in [0.29, 0.717) is 52.4 Å². The van der Waals surface area contributed by atoms with Crippen LogP contribution in [0.5, 0.6) is 11.5 Å². The number of aromatic nitrogens is 3. The third-order valence-corrected chi connectivity index (χ3v) is 8.66. The lowest BCUT2D eigenvalue weighted by Crippen LogP contribution is -2.26. The number of carbonyl (C=O) groups excluding carboxylic acids is 1. The van der Waals surface area contributed by atoms with Gasteiger partial charge in [-0.15, -0.1) is 0 Å². The molecule has 0 bridgehead atoms. The molecule has 2 aromatic heterocycles. The summed E-state index contributed by atoms with van der Waals surface area (Å²) >= 11 is 0. The summed E-state index contributed by atoms with van der Waals surface area (Å²) in [5, 5.41) is 5.32. The van der Waals surface area contributed by atoms with Crippen molar-refractivity contribution in [3.8, 4) is 22.8 Å². The lowest BCUT2D eigenvalue weighted by Gasteiger charge is -2.19. The number of nitrogens with zero attached hydrogens (tertiary/aromatic N) is 4. The molecule has 0 saturated carbocycles. The van der Waals surface area contributed by atoms with Gasteiger partial charge in [-0.1, -0.05) is 30.3 Å². The molecule has 1 fully saturated rings. The second-order valence-electron chi connectivity index (χ2n) is 9.56. The van der Waals surface area contributed by atoms with Crippen LogP contribution in [0.3, 0.4) is 0 Å². The van der Waals surface area contributed by atoms with E-state index in [1.165, 1.54) is 0 Å². The molecule has 3 heterocycles. The van der Waals surface area contributed by atoms with Crippen molar-refractivity contribution in [2.45, 2.75) is 25.9 Å². The average Bonchev–Trinajstić information content (AvgIpc) is 3.46. The quantitative estimate of drug-likeness (QED) is 0.352. The topological polar surface area (TPSA) is 104 Å². The number of hydrogen-bond acceptors (Lipinski definition) is 7. The largest absolute Gasteiger partial charge is 0.493 e. The molecule has 2 aromatic carbocycles. The maximum Gasteiger partial charge on any atom is 0.254 e. The van der Waals surface area contributed by atoms with Crippen LogP contribution in [0.4, 0.5) is 0 Å². The van der Waals surface area contributed by atoms with E-state index < -0.39 is 9.84 Å². The van der Waals surface area contributed by atoms with Crippen molar-refractivity contribution >= 4 is 26.8 Å². The highest BCUT2D eigenvalue weighted by Gasteiger charge is 2.33. The van der Waals surface area contributed by atoms with E-state index in [-0.39, 0.29) is 23.5 Å². The van der Waals surface area contributed by atoms with E-state index in [9.17, 15) is 13.2 Å². The Balaban J connectivity index is 1.67. The van der Waals surface area contributed by atoms with Crippen molar-refractivity contribution in [1.82, 2.24) is 19.7 Å². The number of methoxy groups -OCH3 is 2. The molecule has 1 atom stereocenters. The van der Waals surface area contributed by atoms with Gasteiger partial charge in [0.1, 0.15) is 0 Å². The Morgan fingerprint density at radius 3 is 2.47 bits per heavy atom. The molecule has 9 nitrogen and oxygen atoms in total. The van der Waals surface area contributed by atoms with Gasteiger partial charge < -0.3 is 14.4 Å². The van der Waals surface area contributed by atoms with Crippen molar-refractivity contribution in [1.29, 1.82) is 0 Å². The summed E-state index contributed by atoms with van der Waals surface area (Å²) in [6.07, 6.45) is 0.456. The fourth-order valence-electron chi connectivity index (χ4n) is 4.98. The Labute approximate surface area is 221 Å². The molecule has 1 saturated heterocycles. The highest BCUT2D eigenvalue weighted by atomic mass is 32.2. The SMILES string of the molecule is COc1ccc(-c2cc(C(=O)N(C)Cc3ccccc3)c3c(C)nn(C4CCS(=O)(=O)C4)c3n2)cc1OC. The van der Waals surface area contributed by atoms with Crippen LogP contribution >= 0.6 is 0 Å². The number of benzene rings is 2. The summed E-state index contributed by atoms with van der Waals surface area (Å²) in [7, 11) is 1.74. The second-order valence-corrected chi connectivity index (χ2v) is 11.8. The molecule has 1 amide bonds. The Bertz CT molecular complexity index is 1620. The molecule has 0 aliphatic carbocycles. The van der Waals surface area contributed by atoms with Crippen LogP contribution in [0.2, 0.25) is 0 Å². The third-order valence-electron chi connectivity index (χ3n) is 6.91. The van der Waals surface area contributed by atoms with Gasteiger partial charge in [-0.2, -0.15) is 5.10 Å². The van der Waals surface area contributed by atoms with Crippen LogP contribution in [0.25, 0.3) is 22.3 Å². The van der Waals surface area contributed by atoms with Crippen LogP contribution in [-0.2, 0) is 16.4 Å². The predicted molar refractivity (Wildman–Crippen MR) is 145 cm³/mol.